The monoisotopic (exact) mass is 251 g/mol. The first kappa shape index (κ1) is 11.8. The van der Waals surface area contributed by atoms with Crippen LogP contribution in [-0.4, -0.2) is 23.7 Å². The third-order valence-electron chi connectivity index (χ3n) is 2.45. The molecule has 0 aliphatic carbocycles. The summed E-state index contributed by atoms with van der Waals surface area (Å²) >= 11 is 6.02. The summed E-state index contributed by atoms with van der Waals surface area (Å²) in [5.41, 5.74) is 1.79. The third-order valence-corrected chi connectivity index (χ3v) is 2.69. The molecule has 0 saturated carbocycles. The van der Waals surface area contributed by atoms with Crippen LogP contribution in [0.15, 0.2) is 24.4 Å². The molecule has 0 aliphatic heterocycles. The van der Waals surface area contributed by atoms with E-state index in [1.54, 1.807) is 13.2 Å². The van der Waals surface area contributed by atoms with E-state index in [2.05, 4.69) is 10.3 Å². The number of aryl methyl sites for hydroxylation is 1. The highest BCUT2D eigenvalue weighted by molar-refractivity contribution is 6.30. The fourth-order valence-electron chi connectivity index (χ4n) is 1.71. The number of hydrogen-bond acceptors (Lipinski definition) is 3. The van der Waals surface area contributed by atoms with Crippen molar-refractivity contribution < 1.29 is 4.74 Å². The predicted octanol–water partition coefficient (Wildman–Crippen LogP) is 2.88. The van der Waals surface area contributed by atoms with Gasteiger partial charge in [-0.05, 0) is 25.1 Å². The summed E-state index contributed by atoms with van der Waals surface area (Å²) in [4.78, 5) is 4.36. The third kappa shape index (κ3) is 2.22. The number of methoxy groups -OCH3 is 1. The second-order valence-corrected chi connectivity index (χ2v) is 4.08. The summed E-state index contributed by atoms with van der Waals surface area (Å²) in [5, 5.41) is 3.70. The Morgan fingerprint density at radius 1 is 1.41 bits per heavy atom. The van der Waals surface area contributed by atoms with Gasteiger partial charge in [0.25, 0.3) is 0 Å². The molecule has 2 aromatic rings. The van der Waals surface area contributed by atoms with E-state index in [1.165, 1.54) is 0 Å². The van der Waals surface area contributed by atoms with Gasteiger partial charge >= 0.3 is 0 Å². The van der Waals surface area contributed by atoms with Crippen molar-refractivity contribution in [2.75, 3.05) is 19.5 Å². The average molecular weight is 252 g/mol. The summed E-state index contributed by atoms with van der Waals surface area (Å²) in [6, 6.07) is 5.49. The predicted molar refractivity (Wildman–Crippen MR) is 69.4 cm³/mol. The summed E-state index contributed by atoms with van der Waals surface area (Å²) in [5.74, 6) is 1.51. The first-order chi connectivity index (χ1) is 8.15. The van der Waals surface area contributed by atoms with Gasteiger partial charge in [0.05, 0.1) is 18.5 Å². The van der Waals surface area contributed by atoms with Crippen LogP contribution in [0, 0.1) is 6.92 Å². The Labute approximate surface area is 105 Å². The first-order valence-corrected chi connectivity index (χ1v) is 5.61. The molecular weight excluding hydrogens is 238 g/mol. The lowest BCUT2D eigenvalue weighted by Crippen LogP contribution is -2.02. The number of aromatic nitrogens is 2. The number of halogens is 1. The number of nitrogens with one attached hydrogen (secondary N) is 1. The number of nitrogens with zero attached hydrogens (tertiary/aromatic N) is 2. The molecule has 5 heteroatoms. The molecule has 0 spiro atoms. The van der Waals surface area contributed by atoms with Crippen LogP contribution in [-0.2, 0) is 0 Å². The van der Waals surface area contributed by atoms with Crippen molar-refractivity contribution in [1.29, 1.82) is 0 Å². The van der Waals surface area contributed by atoms with E-state index in [0.717, 1.165) is 23.1 Å². The van der Waals surface area contributed by atoms with Gasteiger partial charge in [-0.3, -0.25) is 4.57 Å². The number of anilines is 1. The number of hydrogen-bond donors (Lipinski definition) is 1. The molecule has 1 aromatic heterocycles. The van der Waals surface area contributed by atoms with E-state index in [0.29, 0.717) is 5.02 Å². The summed E-state index contributed by atoms with van der Waals surface area (Å²) < 4.78 is 7.25. The quantitative estimate of drug-likeness (QED) is 0.912. The Hall–Kier alpha value is -1.68. The zero-order chi connectivity index (χ0) is 12.4. The maximum atomic E-state index is 6.02. The molecule has 0 unspecified atom stereocenters. The van der Waals surface area contributed by atoms with Gasteiger partial charge < -0.3 is 10.1 Å². The van der Waals surface area contributed by atoms with E-state index in [9.17, 15) is 0 Å². The standard InChI is InChI=1S/C12H14ClN3O/c1-8-7-16(12(14-2)15-8)10-6-9(13)4-5-11(10)17-3/h4-7H,1-3H3,(H,14,15). The van der Waals surface area contributed by atoms with Gasteiger partial charge in [-0.1, -0.05) is 11.6 Å². The maximum absolute atomic E-state index is 6.02. The molecule has 0 amide bonds. The Morgan fingerprint density at radius 3 is 2.82 bits per heavy atom. The molecule has 0 aliphatic rings. The molecule has 0 fully saturated rings. The second-order valence-electron chi connectivity index (χ2n) is 3.64. The molecule has 1 heterocycles. The minimum Gasteiger partial charge on any atom is -0.495 e. The first-order valence-electron chi connectivity index (χ1n) is 5.23. The molecular formula is C12H14ClN3O. The van der Waals surface area contributed by atoms with Crippen molar-refractivity contribution >= 4 is 17.5 Å². The van der Waals surface area contributed by atoms with Gasteiger partial charge in [0.2, 0.25) is 5.95 Å². The maximum Gasteiger partial charge on any atom is 0.207 e. The van der Waals surface area contributed by atoms with E-state index in [4.69, 9.17) is 16.3 Å². The van der Waals surface area contributed by atoms with Crippen LogP contribution in [0.25, 0.3) is 5.69 Å². The molecule has 0 atom stereocenters. The minimum absolute atomic E-state index is 0.661. The SMILES string of the molecule is CNc1nc(C)cn1-c1cc(Cl)ccc1OC. The summed E-state index contributed by atoms with van der Waals surface area (Å²) in [6.45, 7) is 1.94. The Balaban J connectivity index is 2.61. The smallest absolute Gasteiger partial charge is 0.207 e. The van der Waals surface area contributed by atoms with Gasteiger partial charge in [-0.2, -0.15) is 0 Å². The molecule has 0 saturated heterocycles. The molecule has 4 nitrogen and oxygen atoms in total. The molecule has 2 rings (SSSR count). The highest BCUT2D eigenvalue weighted by Crippen LogP contribution is 2.28. The molecule has 1 aromatic carbocycles. The van der Waals surface area contributed by atoms with Crippen LogP contribution in [0.2, 0.25) is 5.02 Å². The Morgan fingerprint density at radius 2 is 2.18 bits per heavy atom. The van der Waals surface area contributed by atoms with Gasteiger partial charge in [-0.25, -0.2) is 4.98 Å². The lowest BCUT2D eigenvalue weighted by molar-refractivity contribution is 0.413. The van der Waals surface area contributed by atoms with Crippen molar-refractivity contribution in [2.45, 2.75) is 6.92 Å². The van der Waals surface area contributed by atoms with Crippen LogP contribution in [0.1, 0.15) is 5.69 Å². The van der Waals surface area contributed by atoms with Crippen molar-refractivity contribution in [2.24, 2.45) is 0 Å². The van der Waals surface area contributed by atoms with Crippen LogP contribution in [0.5, 0.6) is 5.75 Å². The highest BCUT2D eigenvalue weighted by Gasteiger charge is 2.11. The molecule has 90 valence electrons. The van der Waals surface area contributed by atoms with Gasteiger partial charge in [-0.15, -0.1) is 0 Å². The number of rotatable bonds is 3. The number of ether oxygens (including phenoxy) is 1. The average Bonchev–Trinajstić information content (AvgIpc) is 2.70. The van der Waals surface area contributed by atoms with Gasteiger partial charge in [0.15, 0.2) is 0 Å². The zero-order valence-corrected chi connectivity index (χ0v) is 10.7. The van der Waals surface area contributed by atoms with E-state index >= 15 is 0 Å². The highest BCUT2D eigenvalue weighted by atomic mass is 35.5. The number of imidazole rings is 1. The van der Waals surface area contributed by atoms with Crippen molar-refractivity contribution in [3.05, 3.63) is 35.1 Å². The van der Waals surface area contributed by atoms with Crippen LogP contribution in [0.4, 0.5) is 5.95 Å². The summed E-state index contributed by atoms with van der Waals surface area (Å²) in [7, 11) is 3.46. The second kappa shape index (κ2) is 4.67. The van der Waals surface area contributed by atoms with Crippen LogP contribution >= 0.6 is 11.6 Å². The zero-order valence-electron chi connectivity index (χ0n) is 9.99. The lowest BCUT2D eigenvalue weighted by atomic mass is 10.3. The van der Waals surface area contributed by atoms with Crippen molar-refractivity contribution in [1.82, 2.24) is 9.55 Å². The van der Waals surface area contributed by atoms with Gasteiger partial charge in [0, 0.05) is 18.3 Å². The largest absolute Gasteiger partial charge is 0.495 e. The van der Waals surface area contributed by atoms with E-state index < -0.39 is 0 Å². The fourth-order valence-corrected chi connectivity index (χ4v) is 1.88. The van der Waals surface area contributed by atoms with Crippen molar-refractivity contribution in [3.8, 4) is 11.4 Å². The van der Waals surface area contributed by atoms with E-state index in [-0.39, 0.29) is 0 Å². The number of benzene rings is 1. The van der Waals surface area contributed by atoms with E-state index in [1.807, 2.05) is 36.9 Å². The van der Waals surface area contributed by atoms with Crippen LogP contribution < -0.4 is 10.1 Å². The molecule has 0 radical (unpaired) electrons. The molecule has 1 N–H and O–H groups in total. The fraction of sp³-hybridized carbons (Fsp3) is 0.250. The Kier molecular flexibility index (Phi) is 3.24. The summed E-state index contributed by atoms with van der Waals surface area (Å²) in [6.07, 6.45) is 1.93. The molecule has 0 bridgehead atoms. The van der Waals surface area contributed by atoms with Gasteiger partial charge in [0.1, 0.15) is 5.75 Å². The normalized spacial score (nSPS) is 10.4. The van der Waals surface area contributed by atoms with Crippen molar-refractivity contribution in [3.63, 3.8) is 0 Å². The Bertz CT molecular complexity index is 537. The minimum atomic E-state index is 0.661. The lowest BCUT2D eigenvalue weighted by Gasteiger charge is -2.11. The molecule has 17 heavy (non-hydrogen) atoms. The van der Waals surface area contributed by atoms with Crippen LogP contribution in [0.3, 0.4) is 0 Å². The topological polar surface area (TPSA) is 39.1 Å².